The number of halogens is 6. The normalized spacial score (nSPS) is 17.8. The van der Waals surface area contributed by atoms with E-state index in [4.69, 9.17) is 29.0 Å². The van der Waals surface area contributed by atoms with Crippen molar-refractivity contribution in [3.8, 4) is 0 Å². The highest BCUT2D eigenvalue weighted by molar-refractivity contribution is 5.73. The Labute approximate surface area is 201 Å². The number of carbonyl (C=O) groups is 2. The second kappa shape index (κ2) is 12.3. The van der Waals surface area contributed by atoms with Crippen molar-refractivity contribution in [3.05, 3.63) is 41.9 Å². The lowest BCUT2D eigenvalue weighted by Crippen LogP contribution is -2.36. The number of nitrogens with zero attached hydrogens (tertiary/aromatic N) is 3. The first kappa shape index (κ1) is 29.2. The number of aromatic nitrogens is 2. The highest BCUT2D eigenvalue weighted by Gasteiger charge is 2.39. The van der Waals surface area contributed by atoms with Gasteiger partial charge in [-0.3, -0.25) is 4.90 Å². The van der Waals surface area contributed by atoms with Crippen molar-refractivity contribution in [2.45, 2.75) is 44.2 Å². The minimum Gasteiger partial charge on any atom is -0.475 e. The third kappa shape index (κ3) is 9.53. The van der Waals surface area contributed by atoms with E-state index in [2.05, 4.69) is 21.5 Å². The molecule has 0 bridgehead atoms. The lowest BCUT2D eigenvalue weighted by molar-refractivity contribution is -0.193. The minimum absolute atomic E-state index is 0.405. The number of imidazole rings is 1. The zero-order valence-electron chi connectivity index (χ0n) is 19.1. The number of alkyl halides is 6. The summed E-state index contributed by atoms with van der Waals surface area (Å²) < 4.78 is 76.8. The summed E-state index contributed by atoms with van der Waals surface area (Å²) in [6.45, 7) is 4.55. The molecule has 1 fully saturated rings. The second-order valence-electron chi connectivity index (χ2n) is 8.27. The fourth-order valence-corrected chi connectivity index (χ4v) is 3.36. The number of fused-ring (bicyclic) bond motifs is 1. The van der Waals surface area contributed by atoms with E-state index in [0.717, 1.165) is 38.8 Å². The molecule has 2 aromatic rings. The summed E-state index contributed by atoms with van der Waals surface area (Å²) in [6, 6.07) is 2.03. The molecule has 1 atom stereocenters. The van der Waals surface area contributed by atoms with Crippen LogP contribution in [-0.2, 0) is 34.5 Å². The molecule has 9 nitrogen and oxygen atoms in total. The fraction of sp³-hybridized carbons (Fsp3) is 0.571. The summed E-state index contributed by atoms with van der Waals surface area (Å²) in [4.78, 5) is 24.8. The third-order valence-corrected chi connectivity index (χ3v) is 5.14. The summed E-state index contributed by atoms with van der Waals surface area (Å²) in [5, 5.41) is 14.2. The quantitative estimate of drug-likeness (QED) is 0.543. The Morgan fingerprint density at radius 1 is 1.11 bits per heavy atom. The summed E-state index contributed by atoms with van der Waals surface area (Å²) in [5.74, 6) is -4.29. The van der Waals surface area contributed by atoms with Crippen LogP contribution in [0.2, 0.25) is 0 Å². The van der Waals surface area contributed by atoms with Gasteiger partial charge in [0.15, 0.2) is 0 Å². The molecule has 1 aliphatic carbocycles. The minimum atomic E-state index is -5.08. The molecule has 2 aliphatic rings. The monoisotopic (exact) mass is 529 g/mol. The van der Waals surface area contributed by atoms with Crippen molar-refractivity contribution in [3.63, 3.8) is 0 Å². The Morgan fingerprint density at radius 2 is 1.69 bits per heavy atom. The van der Waals surface area contributed by atoms with Crippen LogP contribution in [-0.4, -0.2) is 68.7 Å². The molecule has 2 N–H and O–H groups in total. The number of aryl methyl sites for hydroxylation is 1. The molecule has 0 aromatic carbocycles. The Morgan fingerprint density at radius 3 is 2.17 bits per heavy atom. The van der Waals surface area contributed by atoms with Crippen molar-refractivity contribution >= 4 is 11.9 Å². The van der Waals surface area contributed by atoms with Crippen molar-refractivity contribution < 1.29 is 55.3 Å². The number of aliphatic carboxylic acids is 2. The number of rotatable bonds is 6. The van der Waals surface area contributed by atoms with Crippen molar-refractivity contribution in [1.29, 1.82) is 0 Å². The van der Waals surface area contributed by atoms with Gasteiger partial charge in [0.25, 0.3) is 0 Å². The Balaban J connectivity index is 0.000000271. The van der Waals surface area contributed by atoms with Crippen LogP contribution in [0.3, 0.4) is 0 Å². The molecule has 36 heavy (non-hydrogen) atoms. The number of hydrogen-bond acceptors (Lipinski definition) is 6. The Bertz CT molecular complexity index is 961. The summed E-state index contributed by atoms with van der Waals surface area (Å²) in [6.07, 6.45) is -1.99. The van der Waals surface area contributed by atoms with E-state index in [1.807, 2.05) is 18.7 Å². The Kier molecular flexibility index (Phi) is 9.93. The van der Waals surface area contributed by atoms with E-state index in [-0.39, 0.29) is 0 Å². The van der Waals surface area contributed by atoms with E-state index in [9.17, 15) is 26.3 Å². The number of carboxylic acids is 2. The van der Waals surface area contributed by atoms with Gasteiger partial charge in [-0.05, 0) is 24.8 Å². The SMILES string of the molecule is Cn1cnc2c1C(COCC1CC1)CN(Cc1ccoc1)C2.O=C(O)C(F)(F)F.O=C(O)C(F)(F)F. The smallest absolute Gasteiger partial charge is 0.475 e. The van der Waals surface area contributed by atoms with E-state index < -0.39 is 24.3 Å². The molecule has 3 heterocycles. The van der Waals surface area contributed by atoms with Crippen molar-refractivity contribution in [2.75, 3.05) is 19.8 Å². The number of ether oxygens (including phenoxy) is 1. The maximum Gasteiger partial charge on any atom is 0.490 e. The summed E-state index contributed by atoms with van der Waals surface area (Å²) >= 11 is 0. The van der Waals surface area contributed by atoms with Gasteiger partial charge in [0, 0.05) is 50.5 Å². The van der Waals surface area contributed by atoms with Gasteiger partial charge in [-0.25, -0.2) is 14.6 Å². The molecule has 1 saturated carbocycles. The van der Waals surface area contributed by atoms with E-state index in [1.54, 1.807) is 6.26 Å². The summed E-state index contributed by atoms with van der Waals surface area (Å²) in [5.41, 5.74) is 3.76. The van der Waals surface area contributed by atoms with Crippen LogP contribution >= 0.6 is 0 Å². The zero-order valence-corrected chi connectivity index (χ0v) is 19.1. The molecule has 0 saturated heterocycles. The van der Waals surface area contributed by atoms with Crippen LogP contribution in [0, 0.1) is 5.92 Å². The van der Waals surface area contributed by atoms with Crippen molar-refractivity contribution in [2.24, 2.45) is 13.0 Å². The highest BCUT2D eigenvalue weighted by Crippen LogP contribution is 2.31. The molecule has 0 amide bonds. The van der Waals surface area contributed by atoms with Gasteiger partial charge in [0.1, 0.15) is 0 Å². The van der Waals surface area contributed by atoms with Gasteiger partial charge < -0.3 is 23.9 Å². The molecule has 0 radical (unpaired) electrons. The van der Waals surface area contributed by atoms with Crippen LogP contribution < -0.4 is 0 Å². The first-order valence-electron chi connectivity index (χ1n) is 10.6. The van der Waals surface area contributed by atoms with Gasteiger partial charge in [-0.1, -0.05) is 0 Å². The molecule has 202 valence electrons. The highest BCUT2D eigenvalue weighted by atomic mass is 19.4. The zero-order chi connectivity index (χ0) is 27.1. The van der Waals surface area contributed by atoms with Gasteiger partial charge in [0.05, 0.1) is 31.2 Å². The molecule has 1 unspecified atom stereocenters. The van der Waals surface area contributed by atoms with Crippen molar-refractivity contribution in [1.82, 2.24) is 14.5 Å². The maximum atomic E-state index is 10.6. The lowest BCUT2D eigenvalue weighted by Gasteiger charge is -2.32. The van der Waals surface area contributed by atoms with Crippen LogP contribution in [0.15, 0.2) is 29.3 Å². The first-order valence-corrected chi connectivity index (χ1v) is 10.6. The molecule has 15 heteroatoms. The molecule has 2 aromatic heterocycles. The van der Waals surface area contributed by atoms with E-state index >= 15 is 0 Å². The average Bonchev–Trinajstić information content (AvgIpc) is 3.30. The largest absolute Gasteiger partial charge is 0.490 e. The van der Waals surface area contributed by atoms with E-state index in [1.165, 1.54) is 29.8 Å². The molecular weight excluding hydrogens is 504 g/mol. The van der Waals surface area contributed by atoms with Gasteiger partial charge >= 0.3 is 24.3 Å². The molecular formula is C21H25F6N3O6. The topological polar surface area (TPSA) is 118 Å². The summed E-state index contributed by atoms with van der Waals surface area (Å²) in [7, 11) is 2.09. The molecule has 4 rings (SSSR count). The van der Waals surface area contributed by atoms with Crippen LogP contribution in [0.5, 0.6) is 0 Å². The standard InChI is InChI=1S/C17H23N3O2.2C2HF3O2/c1-19-12-18-16-8-20(6-14-4-5-21-10-14)7-15(17(16)19)11-22-9-13-2-3-13;2*3-2(4,5)1(6)7/h4-5,10,12-13,15H,2-3,6-9,11H2,1H3;2*(H,6,7). The Hall–Kier alpha value is -3.07. The van der Waals surface area contributed by atoms with Crippen LogP contribution in [0.25, 0.3) is 0 Å². The predicted molar refractivity (Wildman–Crippen MR) is 110 cm³/mol. The second-order valence-corrected chi connectivity index (χ2v) is 8.27. The molecule has 0 spiro atoms. The van der Waals surface area contributed by atoms with Gasteiger partial charge in [0.2, 0.25) is 0 Å². The predicted octanol–water partition coefficient (Wildman–Crippen LogP) is 3.81. The van der Waals surface area contributed by atoms with Gasteiger partial charge in [-0.15, -0.1) is 0 Å². The van der Waals surface area contributed by atoms with Crippen LogP contribution in [0.1, 0.15) is 35.7 Å². The third-order valence-electron chi connectivity index (χ3n) is 5.14. The lowest BCUT2D eigenvalue weighted by atomic mass is 9.98. The first-order chi connectivity index (χ1) is 16.7. The number of carboxylic acid groups (broad SMARTS) is 2. The van der Waals surface area contributed by atoms with Crippen LogP contribution in [0.4, 0.5) is 26.3 Å². The fourth-order valence-electron chi connectivity index (χ4n) is 3.36. The average molecular weight is 529 g/mol. The number of hydrogen-bond donors (Lipinski definition) is 2. The molecule has 1 aliphatic heterocycles. The van der Waals surface area contributed by atoms with Gasteiger partial charge in [-0.2, -0.15) is 26.3 Å². The maximum absolute atomic E-state index is 10.6. The number of furan rings is 1. The van der Waals surface area contributed by atoms with E-state index in [0.29, 0.717) is 5.92 Å².